The third-order valence-corrected chi connectivity index (χ3v) is 10.3. The Kier molecular flexibility index (Phi) is 4.66. The lowest BCUT2D eigenvalue weighted by Crippen LogP contribution is -2.50. The van der Waals surface area contributed by atoms with E-state index < -0.39 is 37.7 Å². The number of carbonyl (C=O) groups is 2. The van der Waals surface area contributed by atoms with Gasteiger partial charge in [0, 0.05) is 0 Å². The second-order valence-corrected chi connectivity index (χ2v) is 11.1. The molecule has 1 saturated heterocycles. The molecule has 0 radical (unpaired) electrons. The van der Waals surface area contributed by atoms with E-state index in [1.807, 2.05) is 39.0 Å². The van der Waals surface area contributed by atoms with Crippen molar-refractivity contribution < 1.29 is 9.59 Å². The van der Waals surface area contributed by atoms with Crippen LogP contribution in [0.15, 0.2) is 28.3 Å². The van der Waals surface area contributed by atoms with Crippen molar-refractivity contribution in [1.29, 1.82) is 0 Å². The summed E-state index contributed by atoms with van der Waals surface area (Å²) >= 11 is 39.1. The molecule has 1 aromatic rings. The van der Waals surface area contributed by atoms with Gasteiger partial charge in [0.05, 0.1) is 27.6 Å². The molecule has 0 spiro atoms. The Balaban J connectivity index is 1.90. The molecular weight excluding hydrogens is 487 g/mol. The minimum absolute atomic E-state index is 0.0901. The van der Waals surface area contributed by atoms with Crippen LogP contribution in [-0.4, -0.2) is 25.9 Å². The molecule has 3 aliphatic rings. The largest absolute Gasteiger partial charge is 0.274 e. The average Bonchev–Trinajstić information content (AvgIpc) is 3.00. The van der Waals surface area contributed by atoms with E-state index in [0.29, 0.717) is 5.69 Å². The van der Waals surface area contributed by atoms with E-state index in [2.05, 4.69) is 0 Å². The molecule has 0 unspecified atom stereocenters. The molecule has 1 aliphatic heterocycles. The van der Waals surface area contributed by atoms with Crippen LogP contribution >= 0.6 is 69.6 Å². The zero-order valence-electron chi connectivity index (χ0n) is 15.0. The second kappa shape index (κ2) is 6.18. The Morgan fingerprint density at radius 3 is 1.82 bits per heavy atom. The van der Waals surface area contributed by atoms with Crippen LogP contribution in [0.5, 0.6) is 0 Å². The minimum Gasteiger partial charge on any atom is -0.274 e. The number of benzene rings is 1. The smallest absolute Gasteiger partial charge is 0.240 e. The van der Waals surface area contributed by atoms with Gasteiger partial charge in [-0.3, -0.25) is 9.59 Å². The van der Waals surface area contributed by atoms with Crippen LogP contribution in [0.4, 0.5) is 5.69 Å². The maximum Gasteiger partial charge on any atom is 0.240 e. The molecule has 1 saturated carbocycles. The molecule has 3 nitrogen and oxygen atoms in total. The summed E-state index contributed by atoms with van der Waals surface area (Å²) in [4.78, 5) is 24.4. The number of fused-ring (bicyclic) bond motifs is 5. The molecule has 9 heteroatoms. The Hall–Kier alpha value is -0.160. The van der Waals surface area contributed by atoms with E-state index in [1.54, 1.807) is 0 Å². The van der Waals surface area contributed by atoms with Crippen molar-refractivity contribution in [2.45, 2.75) is 40.8 Å². The normalized spacial score (nSPS) is 36.1. The van der Waals surface area contributed by atoms with Gasteiger partial charge in [0.1, 0.15) is 9.75 Å². The number of hydrogen-bond acceptors (Lipinski definition) is 2. The molecule has 0 N–H and O–H groups in total. The van der Waals surface area contributed by atoms with Crippen molar-refractivity contribution >= 4 is 87.1 Å². The predicted octanol–water partition coefficient (Wildman–Crippen LogP) is 6.07. The van der Waals surface area contributed by atoms with Gasteiger partial charge in [-0.15, -0.1) is 23.2 Å². The van der Waals surface area contributed by atoms with Crippen LogP contribution in [0.2, 0.25) is 0 Å². The van der Waals surface area contributed by atoms with E-state index in [0.717, 1.165) is 16.0 Å². The molecule has 150 valence electrons. The zero-order chi connectivity index (χ0) is 21.0. The standard InChI is InChI=1S/C19H15Cl6NO2/c1-7(2)9-5-4-8(3)10(6-9)26-15(27)11-12(16(26)28)18(23)14(21)13(20)17(11,22)19(18,24)25/h4-7,11-12H,1-3H3/t11-,12-,17-,18-/m0/s1. The van der Waals surface area contributed by atoms with Crippen molar-refractivity contribution in [2.75, 3.05) is 4.90 Å². The summed E-state index contributed by atoms with van der Waals surface area (Å²) in [7, 11) is 0. The molecule has 2 aliphatic carbocycles. The van der Waals surface area contributed by atoms with Gasteiger partial charge in [-0.05, 0) is 30.0 Å². The molecule has 4 atom stereocenters. The summed E-state index contributed by atoms with van der Waals surface area (Å²) in [5.41, 5.74) is 2.23. The van der Waals surface area contributed by atoms with Crippen molar-refractivity contribution in [2.24, 2.45) is 11.8 Å². The number of aryl methyl sites for hydroxylation is 1. The number of carbonyl (C=O) groups excluding carboxylic acids is 2. The van der Waals surface area contributed by atoms with Gasteiger partial charge < -0.3 is 0 Å². The first-order valence-corrected chi connectivity index (χ1v) is 10.9. The van der Waals surface area contributed by atoms with Gasteiger partial charge in [0.15, 0.2) is 4.33 Å². The predicted molar refractivity (Wildman–Crippen MR) is 115 cm³/mol. The molecule has 2 fully saturated rings. The van der Waals surface area contributed by atoms with E-state index in [1.165, 1.54) is 0 Å². The summed E-state index contributed by atoms with van der Waals surface area (Å²) in [5.74, 6) is -3.10. The minimum atomic E-state index is -1.92. The van der Waals surface area contributed by atoms with Crippen molar-refractivity contribution in [1.82, 2.24) is 0 Å². The van der Waals surface area contributed by atoms with E-state index in [4.69, 9.17) is 69.6 Å². The number of halogens is 6. The van der Waals surface area contributed by atoms with Crippen LogP contribution in [0.25, 0.3) is 0 Å². The van der Waals surface area contributed by atoms with Crippen molar-refractivity contribution in [3.63, 3.8) is 0 Å². The third-order valence-electron chi connectivity index (χ3n) is 6.05. The van der Waals surface area contributed by atoms with Gasteiger partial charge in [-0.1, -0.05) is 72.4 Å². The first kappa shape index (κ1) is 21.1. The molecule has 1 heterocycles. The fraction of sp³-hybridized carbons (Fsp3) is 0.474. The summed E-state index contributed by atoms with van der Waals surface area (Å²) in [6.07, 6.45) is 0. The molecule has 0 aromatic heterocycles. The number of alkyl halides is 4. The highest BCUT2D eigenvalue weighted by Gasteiger charge is 2.87. The van der Waals surface area contributed by atoms with Crippen LogP contribution < -0.4 is 4.90 Å². The highest BCUT2D eigenvalue weighted by atomic mass is 35.5. The fourth-order valence-electron chi connectivity index (χ4n) is 4.46. The van der Waals surface area contributed by atoms with Crippen LogP contribution in [0, 0.1) is 18.8 Å². The summed E-state index contributed by atoms with van der Waals surface area (Å²) in [6, 6.07) is 5.65. The quantitative estimate of drug-likeness (QED) is 0.364. The van der Waals surface area contributed by atoms with Gasteiger partial charge in [-0.25, -0.2) is 4.90 Å². The van der Waals surface area contributed by atoms with Gasteiger partial charge in [0.2, 0.25) is 11.8 Å². The Bertz CT molecular complexity index is 927. The SMILES string of the molecule is Cc1ccc(C(C)C)cc1N1C(=O)[C@@H]2[C@@H](C1=O)[C@]1(Cl)C(Cl)=C(Cl)[C@]2(Cl)C1(Cl)Cl. The lowest BCUT2D eigenvalue weighted by molar-refractivity contribution is -0.123. The highest BCUT2D eigenvalue weighted by Crippen LogP contribution is 2.77. The molecular formula is C19H15Cl6NO2. The monoisotopic (exact) mass is 499 g/mol. The summed E-state index contributed by atoms with van der Waals surface area (Å²) < 4.78 is -1.92. The van der Waals surface area contributed by atoms with Crippen molar-refractivity contribution in [3.8, 4) is 0 Å². The van der Waals surface area contributed by atoms with Crippen LogP contribution in [0.1, 0.15) is 30.9 Å². The van der Waals surface area contributed by atoms with Crippen molar-refractivity contribution in [3.05, 3.63) is 39.4 Å². The summed E-state index contributed by atoms with van der Waals surface area (Å²) in [5, 5.41) is -0.180. The number of allylic oxidation sites excluding steroid dienone is 2. The number of hydrogen-bond donors (Lipinski definition) is 0. The number of amides is 2. The fourth-order valence-corrected chi connectivity index (χ4v) is 7.39. The molecule has 28 heavy (non-hydrogen) atoms. The number of nitrogens with zero attached hydrogens (tertiary/aromatic N) is 1. The Morgan fingerprint density at radius 1 is 0.929 bits per heavy atom. The molecule has 1 aromatic carbocycles. The lowest BCUT2D eigenvalue weighted by Gasteiger charge is -2.34. The first-order valence-electron chi connectivity index (χ1n) is 8.63. The maximum absolute atomic E-state index is 13.4. The van der Waals surface area contributed by atoms with Gasteiger partial charge >= 0.3 is 0 Å². The van der Waals surface area contributed by atoms with Crippen LogP contribution in [0.3, 0.4) is 0 Å². The Labute approximate surface area is 192 Å². The third kappa shape index (κ3) is 2.11. The van der Waals surface area contributed by atoms with E-state index in [9.17, 15) is 9.59 Å². The molecule has 2 amide bonds. The van der Waals surface area contributed by atoms with E-state index >= 15 is 0 Å². The van der Waals surface area contributed by atoms with Crippen LogP contribution in [-0.2, 0) is 9.59 Å². The van der Waals surface area contributed by atoms with Gasteiger partial charge in [0.25, 0.3) is 0 Å². The first-order chi connectivity index (χ1) is 12.8. The lowest BCUT2D eigenvalue weighted by atomic mass is 9.84. The number of anilines is 1. The summed E-state index contributed by atoms with van der Waals surface area (Å²) in [6.45, 7) is 5.87. The van der Waals surface area contributed by atoms with E-state index in [-0.39, 0.29) is 16.0 Å². The number of rotatable bonds is 2. The second-order valence-electron chi connectivity index (χ2n) is 7.79. The topological polar surface area (TPSA) is 37.4 Å². The maximum atomic E-state index is 13.4. The highest BCUT2D eigenvalue weighted by molar-refractivity contribution is 6.67. The average molecular weight is 502 g/mol. The van der Waals surface area contributed by atoms with Gasteiger partial charge in [-0.2, -0.15) is 0 Å². The zero-order valence-corrected chi connectivity index (χ0v) is 19.5. The Morgan fingerprint density at radius 2 is 1.39 bits per heavy atom. The number of imide groups is 1. The molecule has 4 rings (SSSR count). The molecule has 2 bridgehead atoms.